The number of phenols is 2. The molecule has 0 saturated carbocycles. The highest BCUT2D eigenvalue weighted by Gasteiger charge is 2.14. The Morgan fingerprint density at radius 1 is 0.617 bits per heavy atom. The fourth-order valence-corrected chi connectivity index (χ4v) is 4.48. The summed E-state index contributed by atoms with van der Waals surface area (Å²) in [6.45, 7) is -0.418. The molecule has 0 bridgehead atoms. The second-order valence-corrected chi connectivity index (χ2v) is 10.5. The normalized spacial score (nSPS) is 10.6. The van der Waals surface area contributed by atoms with Crippen LogP contribution >= 0.6 is 0 Å². The van der Waals surface area contributed by atoms with E-state index in [1.54, 1.807) is 29.2 Å². The van der Waals surface area contributed by atoms with Gasteiger partial charge in [-0.05, 0) is 65.1 Å². The summed E-state index contributed by atoms with van der Waals surface area (Å²) < 4.78 is 10.6. The molecule has 5 rings (SSSR count). The molecule has 0 radical (unpaired) electrons. The summed E-state index contributed by atoms with van der Waals surface area (Å²) in [5.41, 5.74) is 4.57. The molecule has 0 spiro atoms. The number of phenolic OH excluding ortho intramolecular Hbond substituents is 2. The number of nitrogens with one attached hydrogen (secondary N) is 2. The molecule has 5 aromatic rings. The number of rotatable bonds is 14. The maximum Gasteiger partial charge on any atom is 0.311 e. The van der Waals surface area contributed by atoms with Gasteiger partial charge >= 0.3 is 11.9 Å². The predicted molar refractivity (Wildman–Crippen MR) is 176 cm³/mol. The fourth-order valence-electron chi connectivity index (χ4n) is 4.48. The Hall–Kier alpha value is -6.17. The standard InChI is InChI=1S/C35H34N6O6/c1-41(28-13-7-25(8-14-28)19-24-5-3-2-4-6-24)35-39-33(36-22-46-31(44)20-26-9-15-29(42)16-10-26)38-34(40-35)37-23-47-32(45)21-27-11-17-30(43)18-12-27/h2-18,42-43H,19-23H2,1H3,(H2,36,37,38,39,40). The van der Waals surface area contributed by atoms with Crippen LogP contribution in [-0.2, 0) is 38.3 Å². The molecule has 1 heterocycles. The first kappa shape index (κ1) is 32.2. The smallest absolute Gasteiger partial charge is 0.311 e. The first-order valence-corrected chi connectivity index (χ1v) is 14.8. The molecule has 0 amide bonds. The van der Waals surface area contributed by atoms with Crippen molar-refractivity contribution in [2.24, 2.45) is 0 Å². The Labute approximate surface area is 271 Å². The largest absolute Gasteiger partial charge is 0.508 e. The summed E-state index contributed by atoms with van der Waals surface area (Å²) in [6, 6.07) is 30.8. The van der Waals surface area contributed by atoms with E-state index in [-0.39, 0.29) is 55.6 Å². The summed E-state index contributed by atoms with van der Waals surface area (Å²) in [5.74, 6) is -0.214. The van der Waals surface area contributed by atoms with Gasteiger partial charge in [0.1, 0.15) is 11.5 Å². The van der Waals surface area contributed by atoms with E-state index < -0.39 is 11.9 Å². The molecular formula is C35H34N6O6. The molecular weight excluding hydrogens is 600 g/mol. The number of anilines is 4. The van der Waals surface area contributed by atoms with Gasteiger partial charge in [0.05, 0.1) is 12.8 Å². The summed E-state index contributed by atoms with van der Waals surface area (Å²) in [5, 5.41) is 24.7. The van der Waals surface area contributed by atoms with E-state index in [0.29, 0.717) is 11.1 Å². The third-order valence-electron chi connectivity index (χ3n) is 6.99. The average Bonchev–Trinajstić information content (AvgIpc) is 3.07. The Morgan fingerprint density at radius 3 is 1.55 bits per heavy atom. The molecule has 0 aliphatic heterocycles. The minimum absolute atomic E-state index is 0.0235. The van der Waals surface area contributed by atoms with Gasteiger partial charge in [0.2, 0.25) is 17.8 Å². The van der Waals surface area contributed by atoms with Crippen LogP contribution in [0.4, 0.5) is 23.5 Å². The van der Waals surface area contributed by atoms with Gasteiger partial charge in [0.15, 0.2) is 13.5 Å². The predicted octanol–water partition coefficient (Wildman–Crippen LogP) is 4.95. The number of benzene rings is 4. The zero-order valence-corrected chi connectivity index (χ0v) is 25.7. The number of ether oxygens (including phenoxy) is 2. The van der Waals surface area contributed by atoms with Crippen LogP contribution in [0.5, 0.6) is 11.5 Å². The van der Waals surface area contributed by atoms with Crippen molar-refractivity contribution in [3.63, 3.8) is 0 Å². The number of esters is 2. The van der Waals surface area contributed by atoms with Crippen molar-refractivity contribution in [1.29, 1.82) is 0 Å². The summed E-state index contributed by atoms with van der Waals surface area (Å²) in [6.07, 6.45) is 0.848. The number of carbonyl (C=O) groups is 2. The lowest BCUT2D eigenvalue weighted by atomic mass is 10.0. The van der Waals surface area contributed by atoms with Crippen LogP contribution in [0.15, 0.2) is 103 Å². The summed E-state index contributed by atoms with van der Waals surface area (Å²) in [7, 11) is 1.81. The second-order valence-electron chi connectivity index (χ2n) is 10.5. The van der Waals surface area contributed by atoms with E-state index in [9.17, 15) is 19.8 Å². The lowest BCUT2D eigenvalue weighted by Crippen LogP contribution is -2.21. The van der Waals surface area contributed by atoms with E-state index in [1.165, 1.54) is 29.8 Å². The van der Waals surface area contributed by atoms with Crippen molar-refractivity contribution in [3.05, 3.63) is 125 Å². The van der Waals surface area contributed by atoms with Gasteiger partial charge in [-0.2, -0.15) is 15.0 Å². The topological polar surface area (TPSA) is 159 Å². The van der Waals surface area contributed by atoms with Gasteiger partial charge in [0.25, 0.3) is 0 Å². The van der Waals surface area contributed by atoms with Gasteiger partial charge in [-0.3, -0.25) is 9.59 Å². The zero-order valence-electron chi connectivity index (χ0n) is 25.7. The minimum Gasteiger partial charge on any atom is -0.508 e. The van der Waals surface area contributed by atoms with E-state index in [2.05, 4.69) is 37.7 Å². The van der Waals surface area contributed by atoms with Crippen molar-refractivity contribution >= 4 is 35.5 Å². The van der Waals surface area contributed by atoms with Gasteiger partial charge in [-0.15, -0.1) is 0 Å². The zero-order chi connectivity index (χ0) is 33.0. The number of hydrogen-bond acceptors (Lipinski definition) is 12. The van der Waals surface area contributed by atoms with E-state index >= 15 is 0 Å². The number of nitrogens with zero attached hydrogens (tertiary/aromatic N) is 4. The summed E-state index contributed by atoms with van der Waals surface area (Å²) >= 11 is 0. The molecule has 47 heavy (non-hydrogen) atoms. The minimum atomic E-state index is -0.482. The molecule has 4 N–H and O–H groups in total. The molecule has 0 saturated heterocycles. The number of hydrogen-bond donors (Lipinski definition) is 4. The highest BCUT2D eigenvalue weighted by Crippen LogP contribution is 2.23. The van der Waals surface area contributed by atoms with E-state index in [4.69, 9.17) is 9.47 Å². The maximum absolute atomic E-state index is 12.4. The first-order chi connectivity index (χ1) is 22.8. The van der Waals surface area contributed by atoms with Crippen molar-refractivity contribution in [3.8, 4) is 11.5 Å². The van der Waals surface area contributed by atoms with Crippen LogP contribution in [0.3, 0.4) is 0 Å². The van der Waals surface area contributed by atoms with Crippen LogP contribution in [-0.4, -0.2) is 57.6 Å². The van der Waals surface area contributed by atoms with Gasteiger partial charge in [0, 0.05) is 12.7 Å². The molecule has 0 aliphatic carbocycles. The third kappa shape index (κ3) is 9.91. The third-order valence-corrected chi connectivity index (χ3v) is 6.99. The highest BCUT2D eigenvalue weighted by atomic mass is 16.5. The Kier molecular flexibility index (Phi) is 10.8. The molecule has 1 aromatic heterocycles. The van der Waals surface area contributed by atoms with Gasteiger partial charge in [-0.1, -0.05) is 66.7 Å². The molecule has 0 atom stereocenters. The SMILES string of the molecule is CN(c1ccc(Cc2ccccc2)cc1)c1nc(NCOC(=O)Cc2ccc(O)cc2)nc(NCOC(=O)Cc2ccc(O)cc2)n1. The van der Waals surface area contributed by atoms with Gasteiger partial charge < -0.3 is 35.2 Å². The number of aromatic nitrogens is 3. The van der Waals surface area contributed by atoms with Crippen molar-refractivity contribution < 1.29 is 29.3 Å². The van der Waals surface area contributed by atoms with Crippen molar-refractivity contribution in [2.45, 2.75) is 19.3 Å². The first-order valence-electron chi connectivity index (χ1n) is 14.8. The van der Waals surface area contributed by atoms with Crippen molar-refractivity contribution in [1.82, 2.24) is 15.0 Å². The highest BCUT2D eigenvalue weighted by molar-refractivity contribution is 5.73. The lowest BCUT2D eigenvalue weighted by molar-refractivity contribution is -0.143. The molecule has 0 fully saturated rings. The van der Waals surface area contributed by atoms with Crippen LogP contribution in [0.25, 0.3) is 0 Å². The Balaban J connectivity index is 1.24. The van der Waals surface area contributed by atoms with Gasteiger partial charge in [-0.25, -0.2) is 0 Å². The second kappa shape index (κ2) is 15.7. The van der Waals surface area contributed by atoms with Crippen LogP contribution in [0, 0.1) is 0 Å². The molecule has 12 nitrogen and oxygen atoms in total. The van der Waals surface area contributed by atoms with Crippen LogP contribution in [0.1, 0.15) is 22.3 Å². The fraction of sp³-hybridized carbons (Fsp3) is 0.171. The Bertz CT molecular complexity index is 1680. The monoisotopic (exact) mass is 634 g/mol. The average molecular weight is 635 g/mol. The Morgan fingerprint density at radius 2 is 1.06 bits per heavy atom. The van der Waals surface area contributed by atoms with Crippen LogP contribution < -0.4 is 15.5 Å². The maximum atomic E-state index is 12.4. The van der Waals surface area contributed by atoms with E-state index in [0.717, 1.165) is 17.7 Å². The quantitative estimate of drug-likeness (QED) is 0.0963. The molecule has 0 aliphatic rings. The number of aromatic hydroxyl groups is 2. The molecule has 0 unspecified atom stereocenters. The lowest BCUT2D eigenvalue weighted by Gasteiger charge is -2.19. The number of carbonyl (C=O) groups excluding carboxylic acids is 2. The molecule has 12 heteroatoms. The van der Waals surface area contributed by atoms with Crippen molar-refractivity contribution in [2.75, 3.05) is 36.0 Å². The summed E-state index contributed by atoms with van der Waals surface area (Å²) in [4.78, 5) is 39.8. The van der Waals surface area contributed by atoms with E-state index in [1.807, 2.05) is 49.5 Å². The van der Waals surface area contributed by atoms with Crippen LogP contribution in [0.2, 0.25) is 0 Å². The molecule has 240 valence electrons. The molecule has 4 aromatic carbocycles.